The Kier molecular flexibility index (Phi) is 4.02. The summed E-state index contributed by atoms with van der Waals surface area (Å²) in [5.41, 5.74) is 0.338. The van der Waals surface area contributed by atoms with Gasteiger partial charge in [-0.15, -0.1) is 0 Å². The van der Waals surface area contributed by atoms with Crippen LogP contribution in [0.1, 0.15) is 19.3 Å². The highest BCUT2D eigenvalue weighted by Crippen LogP contribution is 2.02. The van der Waals surface area contributed by atoms with Crippen LogP contribution in [0.15, 0.2) is 17.3 Å². The Hall–Kier alpha value is -1.32. The van der Waals surface area contributed by atoms with Crippen molar-refractivity contribution in [3.8, 4) is 0 Å². The zero-order valence-electron chi connectivity index (χ0n) is 7.49. The summed E-state index contributed by atoms with van der Waals surface area (Å²) >= 11 is 0. The quantitative estimate of drug-likeness (QED) is 0.630. The smallest absolute Gasteiger partial charge is 0.349 e. The van der Waals surface area contributed by atoms with Crippen LogP contribution in [-0.2, 0) is 4.79 Å². The van der Waals surface area contributed by atoms with Crippen LogP contribution in [0.25, 0.3) is 0 Å². The van der Waals surface area contributed by atoms with Gasteiger partial charge in [-0.2, -0.15) is 0 Å². The monoisotopic (exact) mass is 182 g/mol. The highest BCUT2D eigenvalue weighted by atomic mass is 16.4. The van der Waals surface area contributed by atoms with Gasteiger partial charge in [-0.25, -0.2) is 4.79 Å². The van der Waals surface area contributed by atoms with Gasteiger partial charge in [0, 0.05) is 13.1 Å². The molecule has 4 nitrogen and oxygen atoms in total. The molecule has 0 radical (unpaired) electrons. The molecule has 72 valence electrons. The Morgan fingerprint density at radius 2 is 2.46 bits per heavy atom. The second-order valence-electron chi connectivity index (χ2n) is 2.88. The molecule has 2 aliphatic rings. The summed E-state index contributed by atoms with van der Waals surface area (Å²) in [5.74, 6) is -0.859. The predicted octanol–water partition coefficient (Wildman–Crippen LogP) is 0.799. The molecule has 4 heteroatoms. The van der Waals surface area contributed by atoms with Crippen molar-refractivity contribution < 1.29 is 9.90 Å². The lowest BCUT2D eigenvalue weighted by Gasteiger charge is -1.84. The van der Waals surface area contributed by atoms with Crippen molar-refractivity contribution >= 4 is 11.7 Å². The van der Waals surface area contributed by atoms with Crippen molar-refractivity contribution in [1.82, 2.24) is 5.32 Å². The molecule has 2 rings (SSSR count). The van der Waals surface area contributed by atoms with E-state index in [4.69, 9.17) is 5.11 Å². The Bertz CT molecular complexity index is 228. The predicted molar refractivity (Wildman–Crippen MR) is 50.9 cm³/mol. The van der Waals surface area contributed by atoms with Crippen LogP contribution in [0.3, 0.4) is 0 Å². The largest absolute Gasteiger partial charge is 0.477 e. The summed E-state index contributed by atoms with van der Waals surface area (Å²) in [6, 6.07) is 0. The highest BCUT2D eigenvalue weighted by molar-refractivity contribution is 6.35. The topological polar surface area (TPSA) is 61.7 Å². The lowest BCUT2D eigenvalue weighted by molar-refractivity contribution is -0.129. The fraction of sp³-hybridized carbons (Fsp3) is 0.556. The zero-order chi connectivity index (χ0) is 9.52. The molecule has 0 fully saturated rings. The highest BCUT2D eigenvalue weighted by Gasteiger charge is 2.12. The first-order chi connectivity index (χ1) is 6.30. The van der Waals surface area contributed by atoms with E-state index in [-0.39, 0.29) is 0 Å². The van der Waals surface area contributed by atoms with E-state index in [0.717, 1.165) is 13.0 Å². The molecule has 0 aliphatic carbocycles. The van der Waals surface area contributed by atoms with Gasteiger partial charge in [-0.1, -0.05) is 6.08 Å². The summed E-state index contributed by atoms with van der Waals surface area (Å²) in [6.45, 7) is 1.83. The molecular weight excluding hydrogens is 168 g/mol. The van der Waals surface area contributed by atoms with Gasteiger partial charge in [0.25, 0.3) is 0 Å². The minimum atomic E-state index is -0.859. The number of nitrogens with zero attached hydrogens (tertiary/aromatic N) is 1. The third kappa shape index (κ3) is 3.73. The molecule has 13 heavy (non-hydrogen) atoms. The number of aliphatic imine (C=N–C) groups is 1. The zero-order valence-corrected chi connectivity index (χ0v) is 7.49. The van der Waals surface area contributed by atoms with E-state index < -0.39 is 5.97 Å². The van der Waals surface area contributed by atoms with E-state index in [9.17, 15) is 4.79 Å². The number of rotatable bonds is 1. The fourth-order valence-corrected chi connectivity index (χ4v) is 1.13. The number of carboxylic acids is 1. The van der Waals surface area contributed by atoms with Gasteiger partial charge in [-0.3, -0.25) is 4.99 Å². The van der Waals surface area contributed by atoms with Crippen molar-refractivity contribution in [2.24, 2.45) is 4.99 Å². The van der Waals surface area contributed by atoms with Gasteiger partial charge in [-0.05, 0) is 25.5 Å². The molecule has 0 aromatic rings. The standard InChI is InChI=1S/C5H7NO2.C4H7N/c7-5(8)4-2-1-3-6-4;1-2-4-5-3-1/h1-3H2,(H,7,8);1,3,5H,2,4H2. The molecule has 0 saturated heterocycles. The van der Waals surface area contributed by atoms with Crippen molar-refractivity contribution in [2.75, 3.05) is 13.1 Å². The molecular formula is C9H14N2O2. The third-order valence-electron chi connectivity index (χ3n) is 1.81. The molecule has 0 amide bonds. The van der Waals surface area contributed by atoms with Gasteiger partial charge >= 0.3 is 5.97 Å². The SMILES string of the molecule is C1=CNCC1.O=C(O)C1=NCCC1. The third-order valence-corrected chi connectivity index (χ3v) is 1.81. The average Bonchev–Trinajstić information content (AvgIpc) is 2.82. The summed E-state index contributed by atoms with van der Waals surface area (Å²) < 4.78 is 0. The molecule has 0 saturated carbocycles. The lowest BCUT2D eigenvalue weighted by Crippen LogP contribution is -2.08. The maximum Gasteiger partial charge on any atom is 0.349 e. The molecule has 0 aromatic carbocycles. The second-order valence-corrected chi connectivity index (χ2v) is 2.88. The van der Waals surface area contributed by atoms with E-state index in [1.807, 2.05) is 6.20 Å². The van der Waals surface area contributed by atoms with E-state index in [2.05, 4.69) is 16.4 Å². The summed E-state index contributed by atoms with van der Waals surface area (Å²) in [7, 11) is 0. The van der Waals surface area contributed by atoms with Crippen LogP contribution in [0, 0.1) is 0 Å². The first-order valence-corrected chi connectivity index (χ1v) is 4.45. The van der Waals surface area contributed by atoms with E-state index >= 15 is 0 Å². The summed E-state index contributed by atoms with van der Waals surface area (Å²) in [5, 5.41) is 11.3. The lowest BCUT2D eigenvalue weighted by atomic mass is 10.2. The molecule has 2 heterocycles. The van der Waals surface area contributed by atoms with Crippen molar-refractivity contribution in [2.45, 2.75) is 19.3 Å². The van der Waals surface area contributed by atoms with Gasteiger partial charge < -0.3 is 10.4 Å². The number of hydrogen-bond acceptors (Lipinski definition) is 3. The maximum absolute atomic E-state index is 10.1. The van der Waals surface area contributed by atoms with Gasteiger partial charge in [0.2, 0.25) is 0 Å². The minimum absolute atomic E-state index is 0.338. The number of hydrogen-bond donors (Lipinski definition) is 2. The Morgan fingerprint density at radius 1 is 1.62 bits per heavy atom. The molecule has 0 aromatic heterocycles. The van der Waals surface area contributed by atoms with Crippen LogP contribution in [0.5, 0.6) is 0 Å². The summed E-state index contributed by atoms with van der Waals surface area (Å²) in [6.07, 6.45) is 6.87. The van der Waals surface area contributed by atoms with Crippen LogP contribution < -0.4 is 5.32 Å². The van der Waals surface area contributed by atoms with Crippen molar-refractivity contribution in [3.05, 3.63) is 12.3 Å². The maximum atomic E-state index is 10.1. The Balaban J connectivity index is 0.000000145. The number of nitrogens with one attached hydrogen (secondary N) is 1. The van der Waals surface area contributed by atoms with E-state index in [0.29, 0.717) is 18.7 Å². The van der Waals surface area contributed by atoms with Gasteiger partial charge in [0.15, 0.2) is 0 Å². The number of carboxylic acid groups (broad SMARTS) is 1. The Morgan fingerprint density at radius 3 is 2.69 bits per heavy atom. The molecule has 2 aliphatic heterocycles. The van der Waals surface area contributed by atoms with E-state index in [1.165, 1.54) is 6.42 Å². The molecule has 0 atom stereocenters. The summed E-state index contributed by atoms with van der Waals surface area (Å²) in [4.78, 5) is 13.8. The van der Waals surface area contributed by atoms with Crippen LogP contribution in [-0.4, -0.2) is 29.9 Å². The van der Waals surface area contributed by atoms with Gasteiger partial charge in [0.05, 0.1) is 0 Å². The average molecular weight is 182 g/mol. The van der Waals surface area contributed by atoms with Crippen LogP contribution in [0.2, 0.25) is 0 Å². The van der Waals surface area contributed by atoms with Crippen molar-refractivity contribution in [1.29, 1.82) is 0 Å². The number of aliphatic carboxylic acids is 1. The minimum Gasteiger partial charge on any atom is -0.477 e. The van der Waals surface area contributed by atoms with E-state index in [1.54, 1.807) is 0 Å². The fourth-order valence-electron chi connectivity index (χ4n) is 1.13. The number of carbonyl (C=O) groups is 1. The second kappa shape index (κ2) is 5.35. The normalized spacial score (nSPS) is 18.6. The van der Waals surface area contributed by atoms with Crippen LogP contribution >= 0.6 is 0 Å². The Labute approximate surface area is 77.4 Å². The first-order valence-electron chi connectivity index (χ1n) is 4.45. The molecule has 0 bridgehead atoms. The molecule has 0 unspecified atom stereocenters. The van der Waals surface area contributed by atoms with Gasteiger partial charge in [0.1, 0.15) is 5.71 Å². The van der Waals surface area contributed by atoms with Crippen LogP contribution in [0.4, 0.5) is 0 Å². The first kappa shape index (κ1) is 9.77. The molecule has 2 N–H and O–H groups in total. The van der Waals surface area contributed by atoms with Crippen molar-refractivity contribution in [3.63, 3.8) is 0 Å². The molecule has 0 spiro atoms.